The Morgan fingerprint density at radius 3 is 2.41 bits per heavy atom. The van der Waals surface area contributed by atoms with Crippen LogP contribution in [-0.2, 0) is 0 Å². The number of rotatable bonds is 2. The molecule has 2 aromatic carbocycles. The second kappa shape index (κ2) is 6.06. The van der Waals surface area contributed by atoms with E-state index in [1.165, 1.54) is 0 Å². The lowest BCUT2D eigenvalue weighted by Gasteiger charge is -1.98. The topological polar surface area (TPSA) is 24.7 Å². The Hall–Kier alpha value is -0.270. The summed E-state index contributed by atoms with van der Waals surface area (Å²) in [5.41, 5.74) is 1.69. The van der Waals surface area contributed by atoms with E-state index in [-0.39, 0.29) is 0 Å². The van der Waals surface area contributed by atoms with Crippen LogP contribution in [-0.4, -0.2) is 0 Å². The van der Waals surface area contributed by atoms with Crippen molar-refractivity contribution in [2.45, 2.75) is 0 Å². The van der Waals surface area contributed by atoms with Crippen molar-refractivity contribution in [2.75, 3.05) is 0 Å². The highest BCUT2D eigenvalue weighted by Crippen LogP contribution is 2.27. The van der Waals surface area contributed by atoms with Crippen LogP contribution in [0.1, 0.15) is 0 Å². The Kier molecular flexibility index (Phi) is 4.69. The molecule has 2 aromatic rings. The minimum Gasteiger partial charge on any atom is -0.150 e. The second-order valence-corrected chi connectivity index (χ2v) is 6.27. The van der Waals surface area contributed by atoms with E-state index in [1.807, 2.05) is 42.5 Å². The molecule has 0 aliphatic rings. The first-order valence-electron chi connectivity index (χ1n) is 4.77. The molecule has 0 aliphatic carbocycles. The number of halogens is 3. The third kappa shape index (κ3) is 3.86. The first-order valence-corrected chi connectivity index (χ1v) is 7.44. The van der Waals surface area contributed by atoms with Crippen LogP contribution < -0.4 is 0 Å². The zero-order chi connectivity index (χ0) is 12.3. The van der Waals surface area contributed by atoms with Gasteiger partial charge in [-0.2, -0.15) is 5.11 Å². The largest absolute Gasteiger partial charge is 0.150 e. The molecule has 5 heteroatoms. The first-order chi connectivity index (χ1) is 8.15. The van der Waals surface area contributed by atoms with E-state index in [2.05, 4.69) is 64.7 Å². The highest BCUT2D eigenvalue weighted by molar-refractivity contribution is 14.1. The van der Waals surface area contributed by atoms with E-state index in [1.54, 1.807) is 0 Å². The smallest absolute Gasteiger partial charge is 0.100 e. The number of azo groups is 1. The molecule has 0 radical (unpaired) electrons. The van der Waals surface area contributed by atoms with E-state index < -0.39 is 0 Å². The summed E-state index contributed by atoms with van der Waals surface area (Å²) in [6.45, 7) is 0. The third-order valence-electron chi connectivity index (χ3n) is 1.99. The molecule has 0 saturated heterocycles. The van der Waals surface area contributed by atoms with Crippen LogP contribution in [0.4, 0.5) is 11.4 Å². The summed E-state index contributed by atoms with van der Waals surface area (Å²) in [6.07, 6.45) is 0. The molecule has 0 aliphatic heterocycles. The Balaban J connectivity index is 2.29. The summed E-state index contributed by atoms with van der Waals surface area (Å²) in [5, 5.41) is 8.45. The lowest BCUT2D eigenvalue weighted by molar-refractivity contribution is 1.22. The van der Waals surface area contributed by atoms with Crippen LogP contribution in [0.25, 0.3) is 0 Å². The third-order valence-corrected chi connectivity index (χ3v) is 3.89. The van der Waals surface area contributed by atoms with Gasteiger partial charge in [0.05, 0.1) is 5.69 Å². The Morgan fingerprint density at radius 2 is 1.65 bits per heavy atom. The predicted octanol–water partition coefficient (Wildman–Crippen LogP) is 6.23. The van der Waals surface area contributed by atoms with Crippen LogP contribution in [0.5, 0.6) is 0 Å². The van der Waals surface area contributed by atoms with E-state index in [0.717, 1.165) is 23.9 Å². The standard InChI is InChI=1S/C12H7Br2IN2/c13-8-2-1-3-10(6-8)16-17-12-7-9(14)4-5-11(12)15/h1-7H. The van der Waals surface area contributed by atoms with E-state index in [0.29, 0.717) is 0 Å². The molecule has 0 N–H and O–H groups in total. The maximum Gasteiger partial charge on any atom is 0.100 e. The molecule has 2 rings (SSSR count). The van der Waals surface area contributed by atoms with Crippen molar-refractivity contribution in [3.05, 3.63) is 55.0 Å². The number of benzene rings is 2. The summed E-state index contributed by atoms with van der Waals surface area (Å²) in [5.74, 6) is 0. The van der Waals surface area contributed by atoms with Gasteiger partial charge >= 0.3 is 0 Å². The fourth-order valence-corrected chi connectivity index (χ4v) is 2.39. The van der Waals surface area contributed by atoms with Gasteiger partial charge in [-0.05, 0) is 59.0 Å². The van der Waals surface area contributed by atoms with Crippen molar-refractivity contribution in [3.8, 4) is 0 Å². The lowest BCUT2D eigenvalue weighted by Crippen LogP contribution is -1.73. The van der Waals surface area contributed by atoms with Crippen molar-refractivity contribution >= 4 is 65.8 Å². The summed E-state index contributed by atoms with van der Waals surface area (Å²) in [4.78, 5) is 0. The first kappa shape index (κ1) is 13.2. The van der Waals surface area contributed by atoms with Crippen LogP contribution in [0.2, 0.25) is 0 Å². The molecule has 0 fully saturated rings. The average molecular weight is 466 g/mol. The summed E-state index contributed by atoms with van der Waals surface area (Å²) in [6, 6.07) is 13.7. The molecule has 0 aromatic heterocycles. The molecule has 0 heterocycles. The summed E-state index contributed by atoms with van der Waals surface area (Å²) >= 11 is 9.07. The van der Waals surface area contributed by atoms with Gasteiger partial charge in [0.1, 0.15) is 5.69 Å². The van der Waals surface area contributed by atoms with Crippen molar-refractivity contribution in [2.24, 2.45) is 10.2 Å². The number of hydrogen-bond donors (Lipinski definition) is 0. The molecule has 0 spiro atoms. The fraction of sp³-hybridized carbons (Fsp3) is 0. The SMILES string of the molecule is Brc1cccc(N=Nc2cc(Br)ccc2I)c1. The van der Waals surface area contributed by atoms with Gasteiger partial charge in [-0.25, -0.2) is 0 Å². The van der Waals surface area contributed by atoms with E-state index in [4.69, 9.17) is 0 Å². The molecule has 0 saturated carbocycles. The highest BCUT2D eigenvalue weighted by Gasteiger charge is 1.99. The Bertz CT molecular complexity index is 570. The molecule has 17 heavy (non-hydrogen) atoms. The van der Waals surface area contributed by atoms with Gasteiger partial charge < -0.3 is 0 Å². The summed E-state index contributed by atoms with van der Waals surface area (Å²) < 4.78 is 3.07. The van der Waals surface area contributed by atoms with Gasteiger partial charge in [-0.3, -0.25) is 0 Å². The molecular weight excluding hydrogens is 459 g/mol. The van der Waals surface area contributed by atoms with Crippen molar-refractivity contribution in [1.82, 2.24) is 0 Å². The van der Waals surface area contributed by atoms with Crippen molar-refractivity contribution < 1.29 is 0 Å². The minimum atomic E-state index is 0.829. The maximum atomic E-state index is 4.24. The normalized spacial score (nSPS) is 11.0. The molecular formula is C12H7Br2IN2. The van der Waals surface area contributed by atoms with Gasteiger partial charge in [-0.1, -0.05) is 37.9 Å². The molecule has 0 bridgehead atoms. The van der Waals surface area contributed by atoms with Gasteiger partial charge in [0.2, 0.25) is 0 Å². The van der Waals surface area contributed by atoms with Crippen LogP contribution >= 0.6 is 54.5 Å². The monoisotopic (exact) mass is 464 g/mol. The van der Waals surface area contributed by atoms with Gasteiger partial charge in [0.25, 0.3) is 0 Å². The molecule has 0 atom stereocenters. The van der Waals surface area contributed by atoms with Gasteiger partial charge in [0.15, 0.2) is 0 Å². The zero-order valence-electron chi connectivity index (χ0n) is 8.57. The predicted molar refractivity (Wildman–Crippen MR) is 85.2 cm³/mol. The fourth-order valence-electron chi connectivity index (χ4n) is 1.21. The molecule has 0 amide bonds. The summed E-state index contributed by atoms with van der Waals surface area (Å²) in [7, 11) is 0. The number of hydrogen-bond acceptors (Lipinski definition) is 2. The minimum absolute atomic E-state index is 0.829. The molecule has 0 unspecified atom stereocenters. The molecule has 2 nitrogen and oxygen atoms in total. The quantitative estimate of drug-likeness (QED) is 0.371. The van der Waals surface area contributed by atoms with Crippen molar-refractivity contribution in [1.29, 1.82) is 0 Å². The van der Waals surface area contributed by atoms with E-state index in [9.17, 15) is 0 Å². The Morgan fingerprint density at radius 1 is 0.882 bits per heavy atom. The van der Waals surface area contributed by atoms with E-state index >= 15 is 0 Å². The average Bonchev–Trinajstić information content (AvgIpc) is 2.30. The highest BCUT2D eigenvalue weighted by atomic mass is 127. The zero-order valence-corrected chi connectivity index (χ0v) is 13.9. The Labute approximate surface area is 130 Å². The lowest BCUT2D eigenvalue weighted by atomic mass is 10.3. The van der Waals surface area contributed by atoms with Crippen LogP contribution in [0, 0.1) is 3.57 Å². The number of nitrogens with zero attached hydrogens (tertiary/aromatic N) is 2. The second-order valence-electron chi connectivity index (χ2n) is 3.28. The van der Waals surface area contributed by atoms with Crippen LogP contribution in [0.3, 0.4) is 0 Å². The van der Waals surface area contributed by atoms with Crippen LogP contribution in [0.15, 0.2) is 61.6 Å². The maximum absolute atomic E-state index is 4.24. The molecule has 86 valence electrons. The van der Waals surface area contributed by atoms with Crippen molar-refractivity contribution in [3.63, 3.8) is 0 Å². The van der Waals surface area contributed by atoms with Gasteiger partial charge in [-0.15, -0.1) is 5.11 Å². The van der Waals surface area contributed by atoms with Gasteiger partial charge in [0, 0.05) is 12.5 Å².